The van der Waals surface area contributed by atoms with Crippen LogP contribution in [0.3, 0.4) is 0 Å². The molecule has 0 radical (unpaired) electrons. The predicted molar refractivity (Wildman–Crippen MR) is 105 cm³/mol. The van der Waals surface area contributed by atoms with Gasteiger partial charge in [-0.25, -0.2) is 0 Å². The normalized spacial score (nSPS) is 16.4. The van der Waals surface area contributed by atoms with E-state index in [-0.39, 0.29) is 16.2 Å². The minimum atomic E-state index is -0.0756. The Morgan fingerprint density at radius 3 is 1.96 bits per heavy atom. The molecule has 0 heteroatoms. The summed E-state index contributed by atoms with van der Waals surface area (Å²) in [5.74, 6) is 0. The lowest BCUT2D eigenvalue weighted by Crippen LogP contribution is -2.44. The van der Waals surface area contributed by atoms with Crippen LogP contribution in [-0.4, -0.2) is 0 Å². The third-order valence-electron chi connectivity index (χ3n) is 4.52. The standard InChI is InChI=1S/C23H34/c1-9-11-15-19(10-2)23(22(6,7)8,18-21(3,4)5)20-16-13-12-14-17-20/h9-17H,2,18H2,1,3-8H3/b11-9-,19-15+. The van der Waals surface area contributed by atoms with Gasteiger partial charge in [-0.1, -0.05) is 103 Å². The molecule has 0 aliphatic rings. The maximum atomic E-state index is 4.15. The van der Waals surface area contributed by atoms with Crippen molar-refractivity contribution < 1.29 is 0 Å². The van der Waals surface area contributed by atoms with Crippen LogP contribution in [0.1, 0.15) is 60.5 Å². The summed E-state index contributed by atoms with van der Waals surface area (Å²) < 4.78 is 0. The lowest BCUT2D eigenvalue weighted by molar-refractivity contribution is 0.154. The second kappa shape index (κ2) is 7.34. The highest BCUT2D eigenvalue weighted by Gasteiger charge is 2.47. The summed E-state index contributed by atoms with van der Waals surface area (Å²) >= 11 is 0. The fraction of sp³-hybridized carbons (Fsp3) is 0.478. The first-order chi connectivity index (χ1) is 10.6. The molecular weight excluding hydrogens is 276 g/mol. The zero-order valence-electron chi connectivity index (χ0n) is 16.1. The Balaban J connectivity index is 3.77. The van der Waals surface area contributed by atoms with Gasteiger partial charge < -0.3 is 0 Å². The van der Waals surface area contributed by atoms with Gasteiger partial charge in [0.2, 0.25) is 0 Å². The molecule has 0 fully saturated rings. The average molecular weight is 311 g/mol. The molecule has 1 aromatic carbocycles. The molecule has 0 heterocycles. The van der Waals surface area contributed by atoms with Gasteiger partial charge in [-0.15, -0.1) is 0 Å². The van der Waals surface area contributed by atoms with Crippen LogP contribution >= 0.6 is 0 Å². The lowest BCUT2D eigenvalue weighted by atomic mass is 9.53. The summed E-state index contributed by atoms with van der Waals surface area (Å²) in [6.45, 7) is 20.2. The zero-order valence-corrected chi connectivity index (χ0v) is 16.1. The van der Waals surface area contributed by atoms with Crippen LogP contribution in [-0.2, 0) is 5.41 Å². The molecule has 0 aliphatic heterocycles. The van der Waals surface area contributed by atoms with Gasteiger partial charge in [0.1, 0.15) is 0 Å². The molecule has 23 heavy (non-hydrogen) atoms. The van der Waals surface area contributed by atoms with E-state index in [9.17, 15) is 0 Å². The smallest absolute Gasteiger partial charge is 0.0255 e. The molecule has 0 saturated carbocycles. The fourth-order valence-corrected chi connectivity index (χ4v) is 3.60. The van der Waals surface area contributed by atoms with E-state index in [1.165, 1.54) is 11.1 Å². The van der Waals surface area contributed by atoms with E-state index in [1.807, 2.05) is 6.08 Å². The van der Waals surface area contributed by atoms with Crippen LogP contribution in [0.4, 0.5) is 0 Å². The second-order valence-corrected chi connectivity index (χ2v) is 8.61. The van der Waals surface area contributed by atoms with Crippen molar-refractivity contribution in [2.75, 3.05) is 0 Å². The van der Waals surface area contributed by atoms with Crippen molar-refractivity contribution in [2.45, 2.75) is 60.3 Å². The number of rotatable bonds is 5. The maximum absolute atomic E-state index is 4.15. The monoisotopic (exact) mass is 310 g/mol. The Morgan fingerprint density at radius 2 is 1.57 bits per heavy atom. The third kappa shape index (κ3) is 4.47. The van der Waals surface area contributed by atoms with Crippen LogP contribution in [0.5, 0.6) is 0 Å². The predicted octanol–water partition coefficient (Wildman–Crippen LogP) is 7.10. The molecule has 0 spiro atoms. The quantitative estimate of drug-likeness (QED) is 0.509. The van der Waals surface area contributed by atoms with Gasteiger partial charge >= 0.3 is 0 Å². The molecule has 1 atom stereocenters. The molecule has 1 rings (SSSR count). The summed E-state index contributed by atoms with van der Waals surface area (Å²) in [6.07, 6.45) is 9.56. The number of hydrogen-bond donors (Lipinski definition) is 0. The van der Waals surface area contributed by atoms with Crippen molar-refractivity contribution in [2.24, 2.45) is 10.8 Å². The molecule has 0 bridgehead atoms. The van der Waals surface area contributed by atoms with Gasteiger partial charge in [-0.2, -0.15) is 0 Å². The van der Waals surface area contributed by atoms with Crippen molar-refractivity contribution in [3.05, 3.63) is 72.4 Å². The van der Waals surface area contributed by atoms with Gasteiger partial charge in [0.25, 0.3) is 0 Å². The van der Waals surface area contributed by atoms with Gasteiger partial charge in [-0.05, 0) is 35.3 Å². The lowest BCUT2D eigenvalue weighted by Gasteiger charge is -2.50. The molecule has 0 aliphatic carbocycles. The molecule has 0 saturated heterocycles. The summed E-state index contributed by atoms with van der Waals surface area (Å²) in [5.41, 5.74) is 2.88. The average Bonchev–Trinajstić information content (AvgIpc) is 2.45. The van der Waals surface area contributed by atoms with Crippen molar-refractivity contribution in [3.8, 4) is 0 Å². The van der Waals surface area contributed by atoms with Gasteiger partial charge in [0.15, 0.2) is 0 Å². The highest BCUT2D eigenvalue weighted by atomic mass is 14.5. The Kier molecular flexibility index (Phi) is 6.22. The molecule has 0 N–H and O–H groups in total. The number of benzene rings is 1. The third-order valence-corrected chi connectivity index (χ3v) is 4.52. The molecule has 0 aromatic heterocycles. The molecule has 1 unspecified atom stereocenters. The Hall–Kier alpha value is -1.56. The van der Waals surface area contributed by atoms with Crippen molar-refractivity contribution in [1.29, 1.82) is 0 Å². The highest BCUT2D eigenvalue weighted by molar-refractivity contribution is 5.45. The Morgan fingerprint density at radius 1 is 1.00 bits per heavy atom. The van der Waals surface area contributed by atoms with E-state index in [1.54, 1.807) is 0 Å². The fourth-order valence-electron chi connectivity index (χ4n) is 3.60. The van der Waals surface area contributed by atoms with Crippen LogP contribution in [0.2, 0.25) is 0 Å². The molecule has 0 amide bonds. The van der Waals surface area contributed by atoms with E-state index >= 15 is 0 Å². The van der Waals surface area contributed by atoms with E-state index < -0.39 is 0 Å². The summed E-state index contributed by atoms with van der Waals surface area (Å²) in [4.78, 5) is 0. The number of allylic oxidation sites excluding steroid dienone is 5. The van der Waals surface area contributed by atoms with Crippen molar-refractivity contribution in [1.82, 2.24) is 0 Å². The summed E-state index contributed by atoms with van der Waals surface area (Å²) in [5, 5.41) is 0. The second-order valence-electron chi connectivity index (χ2n) is 8.61. The SMILES string of the molecule is C=C/C(=C\C=C/C)C(CC(C)(C)C)(c1ccccc1)C(C)(C)C. The van der Waals surface area contributed by atoms with E-state index in [0.717, 1.165) is 6.42 Å². The van der Waals surface area contributed by atoms with E-state index in [2.05, 4.69) is 104 Å². The largest absolute Gasteiger partial charge is 0.0988 e. The first-order valence-electron chi connectivity index (χ1n) is 8.60. The van der Waals surface area contributed by atoms with Crippen LogP contribution in [0.25, 0.3) is 0 Å². The van der Waals surface area contributed by atoms with Gasteiger partial charge in [0, 0.05) is 5.41 Å². The van der Waals surface area contributed by atoms with Crippen LogP contribution < -0.4 is 0 Å². The summed E-state index contributed by atoms with van der Waals surface area (Å²) in [6, 6.07) is 10.9. The maximum Gasteiger partial charge on any atom is 0.0255 e. The molecule has 0 nitrogen and oxygen atoms in total. The minimum absolute atomic E-state index is 0.0727. The van der Waals surface area contributed by atoms with Crippen LogP contribution in [0.15, 0.2) is 66.8 Å². The van der Waals surface area contributed by atoms with Crippen molar-refractivity contribution >= 4 is 0 Å². The van der Waals surface area contributed by atoms with Crippen molar-refractivity contribution in [3.63, 3.8) is 0 Å². The van der Waals surface area contributed by atoms with Crippen LogP contribution in [0, 0.1) is 10.8 Å². The Labute approximate surface area is 144 Å². The highest BCUT2D eigenvalue weighted by Crippen LogP contribution is 2.53. The minimum Gasteiger partial charge on any atom is -0.0988 e. The molecule has 1 aromatic rings. The zero-order chi connectivity index (χ0) is 17.7. The topological polar surface area (TPSA) is 0 Å². The molecular formula is C23H34. The molecule has 126 valence electrons. The van der Waals surface area contributed by atoms with E-state index in [4.69, 9.17) is 0 Å². The first-order valence-corrected chi connectivity index (χ1v) is 8.60. The number of hydrogen-bond acceptors (Lipinski definition) is 0. The Bertz CT molecular complexity index is 558. The van der Waals surface area contributed by atoms with E-state index in [0.29, 0.717) is 0 Å². The summed E-state index contributed by atoms with van der Waals surface area (Å²) in [7, 11) is 0. The first kappa shape index (κ1) is 19.5. The van der Waals surface area contributed by atoms with Gasteiger partial charge in [-0.3, -0.25) is 0 Å². The van der Waals surface area contributed by atoms with Gasteiger partial charge in [0.05, 0.1) is 0 Å².